The zero-order chi connectivity index (χ0) is 15.8. The van der Waals surface area contributed by atoms with E-state index >= 15 is 0 Å². The Hall–Kier alpha value is -1.77. The van der Waals surface area contributed by atoms with Crippen molar-refractivity contribution >= 4 is 5.82 Å². The number of anilines is 1. The van der Waals surface area contributed by atoms with Gasteiger partial charge in [0.1, 0.15) is 5.82 Å². The predicted molar refractivity (Wildman–Crippen MR) is 95.7 cm³/mol. The second kappa shape index (κ2) is 6.03. The molecule has 2 aromatic rings. The van der Waals surface area contributed by atoms with E-state index in [2.05, 4.69) is 48.1 Å². The molecule has 1 fully saturated rings. The quantitative estimate of drug-likeness (QED) is 0.863. The zero-order valence-electron chi connectivity index (χ0n) is 14.3. The van der Waals surface area contributed by atoms with Crippen molar-refractivity contribution in [3.05, 3.63) is 41.1 Å². The van der Waals surface area contributed by atoms with E-state index in [0.29, 0.717) is 11.8 Å². The van der Waals surface area contributed by atoms with Gasteiger partial charge in [0.15, 0.2) is 0 Å². The Morgan fingerprint density at radius 3 is 2.70 bits per heavy atom. The van der Waals surface area contributed by atoms with E-state index in [0.717, 1.165) is 6.54 Å². The molecule has 4 rings (SSSR count). The third-order valence-corrected chi connectivity index (χ3v) is 5.44. The third kappa shape index (κ3) is 2.56. The van der Waals surface area contributed by atoms with Crippen molar-refractivity contribution < 1.29 is 0 Å². The van der Waals surface area contributed by atoms with Crippen LogP contribution in [-0.4, -0.2) is 16.3 Å². The summed E-state index contributed by atoms with van der Waals surface area (Å²) in [6, 6.07) is 8.74. The molecule has 23 heavy (non-hydrogen) atoms. The van der Waals surface area contributed by atoms with Gasteiger partial charge in [-0.2, -0.15) is 5.10 Å². The molecule has 1 aromatic heterocycles. The molecule has 0 unspecified atom stereocenters. The minimum atomic E-state index is 0.504. The standard InChI is InChI=1S/C20H27N3/c1-14(2)16-10-3-4-12-18(16)23-20-17(11-5-6-13-21-20)19(22-23)15-8-7-9-15/h3-4,10,12,14-15,21H,5-9,11,13H2,1-2H3. The maximum absolute atomic E-state index is 5.12. The van der Waals surface area contributed by atoms with Crippen molar-refractivity contribution in [1.82, 2.24) is 9.78 Å². The molecule has 0 radical (unpaired) electrons. The van der Waals surface area contributed by atoms with Crippen molar-refractivity contribution in [3.8, 4) is 5.69 Å². The molecule has 122 valence electrons. The van der Waals surface area contributed by atoms with Crippen LogP contribution in [0.3, 0.4) is 0 Å². The van der Waals surface area contributed by atoms with Crippen LogP contribution in [0.15, 0.2) is 24.3 Å². The van der Waals surface area contributed by atoms with Crippen LogP contribution in [0.25, 0.3) is 5.69 Å². The van der Waals surface area contributed by atoms with E-state index in [1.165, 1.54) is 66.9 Å². The van der Waals surface area contributed by atoms with Crippen molar-refractivity contribution in [2.45, 2.75) is 64.2 Å². The van der Waals surface area contributed by atoms with Crippen LogP contribution in [0.1, 0.15) is 74.6 Å². The number of nitrogens with one attached hydrogen (secondary N) is 1. The number of nitrogens with zero attached hydrogens (tertiary/aromatic N) is 2. The summed E-state index contributed by atoms with van der Waals surface area (Å²) in [6.07, 6.45) is 7.70. The lowest BCUT2D eigenvalue weighted by molar-refractivity contribution is 0.406. The van der Waals surface area contributed by atoms with Crippen LogP contribution < -0.4 is 5.32 Å². The highest BCUT2D eigenvalue weighted by Gasteiger charge is 2.29. The first kappa shape index (κ1) is 14.8. The van der Waals surface area contributed by atoms with Crippen molar-refractivity contribution in [2.24, 2.45) is 0 Å². The van der Waals surface area contributed by atoms with Crippen molar-refractivity contribution in [3.63, 3.8) is 0 Å². The van der Waals surface area contributed by atoms with Crippen LogP contribution in [0.4, 0.5) is 5.82 Å². The largest absolute Gasteiger partial charge is 0.370 e. The molecule has 1 aliphatic heterocycles. The van der Waals surface area contributed by atoms with Crippen LogP contribution in [0.5, 0.6) is 0 Å². The van der Waals surface area contributed by atoms with Gasteiger partial charge < -0.3 is 5.32 Å². The molecule has 1 N–H and O–H groups in total. The summed E-state index contributed by atoms with van der Waals surface area (Å²) < 4.78 is 2.21. The average Bonchev–Trinajstić information content (AvgIpc) is 2.69. The fourth-order valence-electron chi connectivity index (χ4n) is 3.88. The lowest BCUT2D eigenvalue weighted by Gasteiger charge is -2.24. The lowest BCUT2D eigenvalue weighted by atomic mass is 9.81. The van der Waals surface area contributed by atoms with Crippen LogP contribution >= 0.6 is 0 Å². The molecular formula is C20H27N3. The number of para-hydroxylation sites is 1. The van der Waals surface area contributed by atoms with E-state index < -0.39 is 0 Å². The first-order chi connectivity index (χ1) is 11.3. The van der Waals surface area contributed by atoms with Gasteiger partial charge in [-0.05, 0) is 49.7 Å². The van der Waals surface area contributed by atoms with E-state index in [1.54, 1.807) is 0 Å². The minimum Gasteiger partial charge on any atom is -0.370 e. The molecule has 0 saturated heterocycles. The number of hydrogen-bond donors (Lipinski definition) is 1. The number of aromatic nitrogens is 2. The molecule has 1 aromatic carbocycles. The molecule has 3 heteroatoms. The van der Waals surface area contributed by atoms with Gasteiger partial charge in [0, 0.05) is 18.0 Å². The Bertz CT molecular complexity index is 695. The predicted octanol–water partition coefficient (Wildman–Crippen LogP) is 5.01. The van der Waals surface area contributed by atoms with Gasteiger partial charge in [-0.3, -0.25) is 0 Å². The normalized spacial score (nSPS) is 18.2. The molecule has 2 heterocycles. The summed E-state index contributed by atoms with van der Waals surface area (Å²) in [5, 5.41) is 8.81. The molecule has 1 aliphatic carbocycles. The zero-order valence-corrected chi connectivity index (χ0v) is 14.3. The van der Waals surface area contributed by atoms with E-state index in [1.807, 2.05) is 0 Å². The fraction of sp³-hybridized carbons (Fsp3) is 0.550. The molecule has 0 atom stereocenters. The van der Waals surface area contributed by atoms with Gasteiger partial charge >= 0.3 is 0 Å². The maximum atomic E-state index is 5.12. The summed E-state index contributed by atoms with van der Waals surface area (Å²) >= 11 is 0. The second-order valence-corrected chi connectivity index (χ2v) is 7.35. The van der Waals surface area contributed by atoms with Gasteiger partial charge in [-0.1, -0.05) is 38.5 Å². The van der Waals surface area contributed by atoms with Crippen LogP contribution in [0, 0.1) is 0 Å². The Morgan fingerprint density at radius 2 is 1.96 bits per heavy atom. The molecule has 1 saturated carbocycles. The Balaban J connectivity index is 1.87. The first-order valence-corrected chi connectivity index (χ1v) is 9.20. The number of rotatable bonds is 3. The topological polar surface area (TPSA) is 29.9 Å². The number of hydrogen-bond acceptors (Lipinski definition) is 2. The Labute approximate surface area is 139 Å². The van der Waals surface area contributed by atoms with Crippen LogP contribution in [-0.2, 0) is 6.42 Å². The lowest BCUT2D eigenvalue weighted by Crippen LogP contribution is -2.12. The highest BCUT2D eigenvalue weighted by molar-refractivity contribution is 5.57. The van der Waals surface area contributed by atoms with E-state index in [4.69, 9.17) is 5.10 Å². The van der Waals surface area contributed by atoms with Gasteiger partial charge in [-0.25, -0.2) is 4.68 Å². The first-order valence-electron chi connectivity index (χ1n) is 9.20. The molecular weight excluding hydrogens is 282 g/mol. The Morgan fingerprint density at radius 1 is 1.13 bits per heavy atom. The highest BCUT2D eigenvalue weighted by Crippen LogP contribution is 2.41. The SMILES string of the molecule is CC(C)c1ccccc1-n1nc(C2CCC2)c2c1NCCCC2. The summed E-state index contributed by atoms with van der Waals surface area (Å²) in [5.74, 6) is 2.46. The van der Waals surface area contributed by atoms with Crippen LogP contribution in [0.2, 0.25) is 0 Å². The van der Waals surface area contributed by atoms with Gasteiger partial charge in [0.05, 0.1) is 11.4 Å². The number of benzene rings is 1. The van der Waals surface area contributed by atoms with Gasteiger partial charge in [0.2, 0.25) is 0 Å². The molecule has 2 aliphatic rings. The fourth-order valence-corrected chi connectivity index (χ4v) is 3.88. The smallest absolute Gasteiger partial charge is 0.133 e. The third-order valence-electron chi connectivity index (χ3n) is 5.44. The average molecular weight is 309 g/mol. The second-order valence-electron chi connectivity index (χ2n) is 7.35. The summed E-state index contributed by atoms with van der Waals surface area (Å²) in [5.41, 5.74) is 5.49. The summed E-state index contributed by atoms with van der Waals surface area (Å²) in [4.78, 5) is 0. The Kier molecular flexibility index (Phi) is 3.88. The van der Waals surface area contributed by atoms with Gasteiger partial charge in [0.25, 0.3) is 0 Å². The summed E-state index contributed by atoms with van der Waals surface area (Å²) in [6.45, 7) is 5.59. The minimum absolute atomic E-state index is 0.504. The van der Waals surface area contributed by atoms with Crippen molar-refractivity contribution in [2.75, 3.05) is 11.9 Å². The molecule has 0 bridgehead atoms. The monoisotopic (exact) mass is 309 g/mol. The van der Waals surface area contributed by atoms with E-state index in [-0.39, 0.29) is 0 Å². The number of fused-ring (bicyclic) bond motifs is 1. The van der Waals surface area contributed by atoms with Crippen molar-refractivity contribution in [1.29, 1.82) is 0 Å². The van der Waals surface area contributed by atoms with Gasteiger partial charge in [-0.15, -0.1) is 0 Å². The molecule has 3 nitrogen and oxygen atoms in total. The summed E-state index contributed by atoms with van der Waals surface area (Å²) in [7, 11) is 0. The highest BCUT2D eigenvalue weighted by atomic mass is 15.3. The molecule has 0 spiro atoms. The molecule has 0 amide bonds. The maximum Gasteiger partial charge on any atom is 0.133 e. The van der Waals surface area contributed by atoms with E-state index in [9.17, 15) is 0 Å².